The van der Waals surface area contributed by atoms with E-state index in [-0.39, 0.29) is 17.3 Å². The van der Waals surface area contributed by atoms with E-state index in [2.05, 4.69) is 5.32 Å². The predicted molar refractivity (Wildman–Crippen MR) is 103 cm³/mol. The Morgan fingerprint density at radius 1 is 1.14 bits per heavy atom. The Balaban J connectivity index is 1.41. The number of rotatable bonds is 5. The van der Waals surface area contributed by atoms with Gasteiger partial charge in [0.2, 0.25) is 0 Å². The maximum Gasteiger partial charge on any atom is 0.312 e. The van der Waals surface area contributed by atoms with Crippen molar-refractivity contribution in [3.8, 4) is 0 Å². The van der Waals surface area contributed by atoms with Gasteiger partial charge in [-0.15, -0.1) is 0 Å². The van der Waals surface area contributed by atoms with Crippen LogP contribution in [-0.2, 0) is 14.3 Å². The molecule has 1 N–H and O–H groups in total. The molecular formula is C21H26N2O5. The van der Waals surface area contributed by atoms with E-state index in [1.165, 1.54) is 25.3 Å². The maximum absolute atomic E-state index is 12.8. The number of esters is 1. The average molecular weight is 386 g/mol. The number of hydrogen-bond acceptors (Lipinski definition) is 5. The number of ether oxygens (including phenoxy) is 1. The number of carbonyl (C=O) groups excluding carboxylic acids is 2. The molecule has 1 aromatic carbocycles. The zero-order valence-corrected chi connectivity index (χ0v) is 16.3. The summed E-state index contributed by atoms with van der Waals surface area (Å²) in [6, 6.07) is 3.02. The normalized spacial score (nSPS) is 30.1. The van der Waals surface area contributed by atoms with Crippen molar-refractivity contribution in [1.29, 1.82) is 0 Å². The number of nitro groups is 1. The quantitative estimate of drug-likeness (QED) is 0.470. The molecule has 0 aliphatic heterocycles. The smallest absolute Gasteiger partial charge is 0.312 e. The average Bonchev–Trinajstić information content (AvgIpc) is 2.62. The zero-order chi connectivity index (χ0) is 20.1. The summed E-state index contributed by atoms with van der Waals surface area (Å²) in [7, 11) is 0. The molecule has 4 saturated carbocycles. The van der Waals surface area contributed by atoms with Crippen LogP contribution in [0, 0.1) is 47.1 Å². The largest absolute Gasteiger partial charge is 0.455 e. The molecule has 4 aliphatic rings. The van der Waals surface area contributed by atoms with Crippen molar-refractivity contribution in [3.05, 3.63) is 33.4 Å². The lowest BCUT2D eigenvalue weighted by Crippen LogP contribution is -2.50. The number of nitrogens with zero attached hydrogens (tertiary/aromatic N) is 1. The summed E-state index contributed by atoms with van der Waals surface area (Å²) < 4.78 is 5.41. The number of nitro benzene ring substituents is 1. The summed E-state index contributed by atoms with van der Waals surface area (Å²) in [5.74, 6) is 1.03. The van der Waals surface area contributed by atoms with Crippen LogP contribution in [0.3, 0.4) is 0 Å². The molecule has 0 saturated heterocycles. The number of aryl methyl sites for hydroxylation is 1. The van der Waals surface area contributed by atoms with Crippen LogP contribution in [-0.4, -0.2) is 23.4 Å². The summed E-state index contributed by atoms with van der Waals surface area (Å²) in [6.07, 6.45) is 6.31. The minimum absolute atomic E-state index is 0.163. The Bertz CT molecular complexity index is 812. The van der Waals surface area contributed by atoms with Gasteiger partial charge in [-0.2, -0.15) is 0 Å². The van der Waals surface area contributed by atoms with Gasteiger partial charge < -0.3 is 10.1 Å². The van der Waals surface area contributed by atoms with Gasteiger partial charge in [0.25, 0.3) is 11.6 Å². The summed E-state index contributed by atoms with van der Waals surface area (Å²) in [5.41, 5.74) is 1.06. The Labute approximate surface area is 164 Å². The highest BCUT2D eigenvalue weighted by molar-refractivity contribution is 5.96. The van der Waals surface area contributed by atoms with E-state index in [0.717, 1.165) is 24.8 Å². The van der Waals surface area contributed by atoms with Gasteiger partial charge in [0.05, 0.1) is 10.3 Å². The van der Waals surface area contributed by atoms with E-state index >= 15 is 0 Å². The third-order valence-electron chi connectivity index (χ3n) is 6.98. The van der Waals surface area contributed by atoms with Crippen molar-refractivity contribution in [2.45, 2.75) is 52.4 Å². The molecule has 0 unspecified atom stereocenters. The van der Waals surface area contributed by atoms with Crippen LogP contribution in [0.15, 0.2) is 12.1 Å². The molecule has 4 bridgehead atoms. The van der Waals surface area contributed by atoms with E-state index in [9.17, 15) is 19.7 Å². The first-order valence-corrected chi connectivity index (χ1v) is 9.99. The maximum atomic E-state index is 12.8. The highest BCUT2D eigenvalue weighted by Gasteiger charge is 2.55. The van der Waals surface area contributed by atoms with Gasteiger partial charge >= 0.3 is 5.97 Å². The van der Waals surface area contributed by atoms with Crippen LogP contribution in [0.25, 0.3) is 0 Å². The number of carbonyl (C=O) groups is 2. The summed E-state index contributed by atoms with van der Waals surface area (Å²) >= 11 is 0. The van der Waals surface area contributed by atoms with Gasteiger partial charge in [0.15, 0.2) is 6.61 Å². The third-order valence-corrected chi connectivity index (χ3v) is 6.98. The van der Waals surface area contributed by atoms with Crippen LogP contribution < -0.4 is 5.32 Å². The molecule has 28 heavy (non-hydrogen) atoms. The molecule has 1 amide bonds. The first-order chi connectivity index (χ1) is 13.3. The third kappa shape index (κ3) is 3.27. The topological polar surface area (TPSA) is 98.5 Å². The lowest BCUT2D eigenvalue weighted by molar-refractivity contribution is -0.384. The minimum Gasteiger partial charge on any atom is -0.455 e. The molecule has 0 spiro atoms. The molecule has 0 heterocycles. The molecule has 7 heteroatoms. The zero-order valence-electron chi connectivity index (χ0n) is 16.3. The Morgan fingerprint density at radius 2 is 1.71 bits per heavy atom. The number of amides is 1. The second kappa shape index (κ2) is 6.87. The highest BCUT2D eigenvalue weighted by atomic mass is 16.6. The molecule has 0 aromatic heterocycles. The van der Waals surface area contributed by atoms with E-state index in [0.29, 0.717) is 23.3 Å². The summed E-state index contributed by atoms with van der Waals surface area (Å²) in [5, 5.41) is 13.8. The fourth-order valence-electron chi connectivity index (χ4n) is 5.93. The second-order valence-electron chi connectivity index (χ2n) is 8.98. The monoisotopic (exact) mass is 386 g/mol. The fourth-order valence-corrected chi connectivity index (χ4v) is 5.93. The Morgan fingerprint density at radius 3 is 2.25 bits per heavy atom. The van der Waals surface area contributed by atoms with Crippen molar-refractivity contribution in [2.24, 2.45) is 23.2 Å². The molecule has 0 radical (unpaired) electrons. The van der Waals surface area contributed by atoms with Gasteiger partial charge in [-0.3, -0.25) is 19.7 Å². The van der Waals surface area contributed by atoms with E-state index in [1.54, 1.807) is 13.0 Å². The fraction of sp³-hybridized carbons (Fsp3) is 0.619. The Hall–Kier alpha value is -2.44. The predicted octanol–water partition coefficient (Wildman–Crippen LogP) is 3.91. The molecule has 1 aromatic rings. The number of benzene rings is 1. The Kier molecular flexibility index (Phi) is 4.63. The molecule has 4 fully saturated rings. The van der Waals surface area contributed by atoms with Crippen molar-refractivity contribution in [3.63, 3.8) is 0 Å². The van der Waals surface area contributed by atoms with Crippen molar-refractivity contribution in [1.82, 2.24) is 0 Å². The molecular weight excluding hydrogens is 360 g/mol. The molecule has 7 nitrogen and oxygen atoms in total. The first kappa shape index (κ1) is 18.9. The van der Waals surface area contributed by atoms with Gasteiger partial charge in [0.1, 0.15) is 5.69 Å². The molecule has 5 rings (SSSR count). The SMILES string of the molecule is Cc1ccc([N+](=O)[O-])c(NC(=O)COC(=O)C23CC4CC(CC(C4)C2)C3)c1C. The van der Waals surface area contributed by atoms with Crippen molar-refractivity contribution >= 4 is 23.3 Å². The second-order valence-corrected chi connectivity index (χ2v) is 8.98. The number of nitrogens with one attached hydrogen (secondary N) is 1. The summed E-state index contributed by atoms with van der Waals surface area (Å²) in [6.45, 7) is 3.13. The number of hydrogen-bond donors (Lipinski definition) is 1. The highest BCUT2D eigenvalue weighted by Crippen LogP contribution is 2.60. The van der Waals surface area contributed by atoms with E-state index < -0.39 is 22.9 Å². The molecule has 0 atom stereocenters. The minimum atomic E-state index is -0.546. The van der Waals surface area contributed by atoms with Crippen molar-refractivity contribution in [2.75, 3.05) is 11.9 Å². The van der Waals surface area contributed by atoms with Crippen LogP contribution in [0.2, 0.25) is 0 Å². The van der Waals surface area contributed by atoms with Crippen LogP contribution in [0.5, 0.6) is 0 Å². The van der Waals surface area contributed by atoms with Gasteiger partial charge in [-0.25, -0.2) is 0 Å². The van der Waals surface area contributed by atoms with E-state index in [4.69, 9.17) is 4.74 Å². The van der Waals surface area contributed by atoms with Gasteiger partial charge in [-0.1, -0.05) is 6.07 Å². The summed E-state index contributed by atoms with van der Waals surface area (Å²) in [4.78, 5) is 35.9. The lowest BCUT2D eigenvalue weighted by Gasteiger charge is -2.55. The van der Waals surface area contributed by atoms with Crippen molar-refractivity contribution < 1.29 is 19.2 Å². The van der Waals surface area contributed by atoms with Crippen LogP contribution >= 0.6 is 0 Å². The van der Waals surface area contributed by atoms with Crippen LogP contribution in [0.4, 0.5) is 11.4 Å². The molecule has 4 aliphatic carbocycles. The molecule has 150 valence electrons. The standard InChI is InChI=1S/C21H26N2O5/c1-12-3-4-17(23(26)27)19(13(12)2)22-18(24)11-28-20(25)21-8-14-5-15(9-21)7-16(6-14)10-21/h3-4,14-16H,5-11H2,1-2H3,(H,22,24). The van der Waals surface area contributed by atoms with Crippen LogP contribution in [0.1, 0.15) is 49.7 Å². The lowest BCUT2D eigenvalue weighted by atomic mass is 9.49. The van der Waals surface area contributed by atoms with E-state index in [1.807, 2.05) is 6.92 Å². The first-order valence-electron chi connectivity index (χ1n) is 9.99. The number of anilines is 1. The van der Waals surface area contributed by atoms with Gasteiger partial charge in [-0.05, 0) is 81.3 Å². The van der Waals surface area contributed by atoms with Gasteiger partial charge in [0, 0.05) is 6.07 Å².